The van der Waals surface area contributed by atoms with Crippen molar-refractivity contribution >= 4 is 15.9 Å². The molecule has 1 aliphatic rings. The average molecular weight is 353 g/mol. The van der Waals surface area contributed by atoms with Crippen molar-refractivity contribution in [2.45, 2.75) is 53.1 Å². The Morgan fingerprint density at radius 1 is 1.24 bits per heavy atom. The predicted molar refractivity (Wildman–Crippen MR) is 94.4 cm³/mol. The molecule has 1 N–H and O–H groups in total. The van der Waals surface area contributed by atoms with Crippen molar-refractivity contribution in [2.24, 2.45) is 5.41 Å². The lowest BCUT2D eigenvalue weighted by Crippen LogP contribution is -2.25. The number of benzene rings is 1. The zero-order valence-corrected chi connectivity index (χ0v) is 15.3. The maximum absolute atomic E-state index is 3.75. The summed E-state index contributed by atoms with van der Waals surface area (Å²) in [6.07, 6.45) is 3.98. The van der Waals surface area contributed by atoms with Crippen LogP contribution in [0.4, 0.5) is 0 Å². The molecule has 2 rings (SSSR count). The SMILES string of the molecule is CCNCc1ccc(CN2CCCC(C)(C)CC2)c(Br)c1. The lowest BCUT2D eigenvalue weighted by molar-refractivity contribution is 0.255. The van der Waals surface area contributed by atoms with Crippen LogP contribution < -0.4 is 5.32 Å². The van der Waals surface area contributed by atoms with Crippen molar-refractivity contribution in [3.05, 3.63) is 33.8 Å². The number of nitrogens with zero attached hydrogens (tertiary/aromatic N) is 1. The molecule has 0 amide bonds. The molecular formula is C18H29BrN2. The number of halogens is 1. The summed E-state index contributed by atoms with van der Waals surface area (Å²) in [5.74, 6) is 0. The maximum atomic E-state index is 3.75. The van der Waals surface area contributed by atoms with Crippen LogP contribution in [0.15, 0.2) is 22.7 Å². The second-order valence-electron chi connectivity index (χ2n) is 7.00. The lowest BCUT2D eigenvalue weighted by Gasteiger charge is -2.23. The standard InChI is InChI=1S/C18H29BrN2/c1-4-20-13-15-6-7-16(17(19)12-15)14-21-10-5-8-18(2,3)9-11-21/h6-7,12,20H,4-5,8-11,13-14H2,1-3H3. The summed E-state index contributed by atoms with van der Waals surface area (Å²) in [6, 6.07) is 6.80. The fourth-order valence-electron chi connectivity index (χ4n) is 2.98. The van der Waals surface area contributed by atoms with Gasteiger partial charge in [-0.3, -0.25) is 4.90 Å². The molecular weight excluding hydrogens is 324 g/mol. The van der Waals surface area contributed by atoms with Crippen LogP contribution in [0.3, 0.4) is 0 Å². The number of hydrogen-bond acceptors (Lipinski definition) is 2. The molecule has 1 fully saturated rings. The minimum absolute atomic E-state index is 0.516. The van der Waals surface area contributed by atoms with E-state index in [1.807, 2.05) is 0 Å². The van der Waals surface area contributed by atoms with Gasteiger partial charge in [0.25, 0.3) is 0 Å². The van der Waals surface area contributed by atoms with E-state index in [1.54, 1.807) is 0 Å². The number of nitrogens with one attached hydrogen (secondary N) is 1. The third-order valence-electron chi connectivity index (χ3n) is 4.52. The number of rotatable bonds is 5. The molecule has 0 bridgehead atoms. The summed E-state index contributed by atoms with van der Waals surface area (Å²) in [5, 5.41) is 3.38. The van der Waals surface area contributed by atoms with E-state index in [-0.39, 0.29) is 0 Å². The Morgan fingerprint density at radius 2 is 2.05 bits per heavy atom. The highest BCUT2D eigenvalue weighted by atomic mass is 79.9. The van der Waals surface area contributed by atoms with E-state index in [0.29, 0.717) is 5.41 Å². The molecule has 1 heterocycles. The second-order valence-corrected chi connectivity index (χ2v) is 7.85. The van der Waals surface area contributed by atoms with Gasteiger partial charge in [0.05, 0.1) is 0 Å². The van der Waals surface area contributed by atoms with E-state index in [9.17, 15) is 0 Å². The van der Waals surface area contributed by atoms with Crippen molar-refractivity contribution < 1.29 is 0 Å². The van der Waals surface area contributed by atoms with E-state index in [1.165, 1.54) is 48.0 Å². The molecule has 0 aliphatic carbocycles. The lowest BCUT2D eigenvalue weighted by atomic mass is 9.85. The summed E-state index contributed by atoms with van der Waals surface area (Å²) < 4.78 is 1.25. The van der Waals surface area contributed by atoms with Gasteiger partial charge in [0.2, 0.25) is 0 Å². The van der Waals surface area contributed by atoms with Crippen LogP contribution in [0.25, 0.3) is 0 Å². The topological polar surface area (TPSA) is 15.3 Å². The van der Waals surface area contributed by atoms with Gasteiger partial charge in [0.15, 0.2) is 0 Å². The van der Waals surface area contributed by atoms with Crippen molar-refractivity contribution in [3.8, 4) is 0 Å². The van der Waals surface area contributed by atoms with Crippen molar-refractivity contribution in [1.82, 2.24) is 10.2 Å². The first-order chi connectivity index (χ1) is 10.00. The molecule has 0 radical (unpaired) electrons. The Bertz CT molecular complexity index is 457. The molecule has 1 aliphatic heterocycles. The second kappa shape index (κ2) is 7.75. The van der Waals surface area contributed by atoms with Crippen LogP contribution in [-0.2, 0) is 13.1 Å². The van der Waals surface area contributed by atoms with E-state index in [2.05, 4.69) is 65.1 Å². The van der Waals surface area contributed by atoms with Gasteiger partial charge in [0, 0.05) is 17.6 Å². The highest BCUT2D eigenvalue weighted by Crippen LogP contribution is 2.31. The minimum atomic E-state index is 0.516. The molecule has 118 valence electrons. The van der Waals surface area contributed by atoms with Gasteiger partial charge in [-0.2, -0.15) is 0 Å². The quantitative estimate of drug-likeness (QED) is 0.834. The molecule has 0 saturated carbocycles. The van der Waals surface area contributed by atoms with E-state index < -0.39 is 0 Å². The number of likely N-dealkylation sites (tertiary alicyclic amines) is 1. The third-order valence-corrected chi connectivity index (χ3v) is 5.26. The van der Waals surface area contributed by atoms with Crippen LogP contribution >= 0.6 is 15.9 Å². The molecule has 2 nitrogen and oxygen atoms in total. The minimum Gasteiger partial charge on any atom is -0.313 e. The van der Waals surface area contributed by atoms with Crippen LogP contribution in [-0.4, -0.2) is 24.5 Å². The van der Waals surface area contributed by atoms with Gasteiger partial charge in [-0.15, -0.1) is 0 Å². The molecule has 0 atom stereocenters. The van der Waals surface area contributed by atoms with Crippen LogP contribution in [0, 0.1) is 5.41 Å². The number of hydrogen-bond donors (Lipinski definition) is 1. The Balaban J connectivity index is 1.96. The Hall–Kier alpha value is -0.380. The van der Waals surface area contributed by atoms with Crippen LogP contribution in [0.1, 0.15) is 51.2 Å². The maximum Gasteiger partial charge on any atom is 0.0244 e. The van der Waals surface area contributed by atoms with E-state index >= 15 is 0 Å². The van der Waals surface area contributed by atoms with Crippen LogP contribution in [0.2, 0.25) is 0 Å². The summed E-state index contributed by atoms with van der Waals surface area (Å²) in [4.78, 5) is 2.61. The molecule has 1 aromatic carbocycles. The molecule has 0 spiro atoms. The van der Waals surface area contributed by atoms with Gasteiger partial charge in [-0.25, -0.2) is 0 Å². The van der Waals surface area contributed by atoms with Crippen molar-refractivity contribution in [3.63, 3.8) is 0 Å². The predicted octanol–water partition coefficient (Wildman–Crippen LogP) is 4.57. The van der Waals surface area contributed by atoms with Gasteiger partial charge in [-0.05, 0) is 61.5 Å². The summed E-state index contributed by atoms with van der Waals surface area (Å²) in [7, 11) is 0. The molecule has 0 unspecified atom stereocenters. The first-order valence-electron chi connectivity index (χ1n) is 8.20. The first kappa shape index (κ1) is 17.0. The van der Waals surface area contributed by atoms with E-state index in [4.69, 9.17) is 0 Å². The van der Waals surface area contributed by atoms with Crippen molar-refractivity contribution in [2.75, 3.05) is 19.6 Å². The highest BCUT2D eigenvalue weighted by molar-refractivity contribution is 9.10. The fraction of sp³-hybridized carbons (Fsp3) is 0.667. The zero-order valence-electron chi connectivity index (χ0n) is 13.7. The fourth-order valence-corrected chi connectivity index (χ4v) is 3.53. The molecule has 3 heteroatoms. The highest BCUT2D eigenvalue weighted by Gasteiger charge is 2.23. The third kappa shape index (κ3) is 5.39. The normalized spacial score (nSPS) is 19.4. The summed E-state index contributed by atoms with van der Waals surface area (Å²) in [6.45, 7) is 12.4. The molecule has 0 aromatic heterocycles. The smallest absolute Gasteiger partial charge is 0.0244 e. The van der Waals surface area contributed by atoms with Crippen molar-refractivity contribution in [1.29, 1.82) is 0 Å². The van der Waals surface area contributed by atoms with Gasteiger partial charge in [-0.1, -0.05) is 48.8 Å². The van der Waals surface area contributed by atoms with Gasteiger partial charge < -0.3 is 5.32 Å². The summed E-state index contributed by atoms with van der Waals surface area (Å²) in [5.41, 5.74) is 3.28. The summed E-state index contributed by atoms with van der Waals surface area (Å²) >= 11 is 3.75. The zero-order chi connectivity index (χ0) is 15.3. The monoisotopic (exact) mass is 352 g/mol. The Labute approximate surface area is 138 Å². The molecule has 1 saturated heterocycles. The Morgan fingerprint density at radius 3 is 2.76 bits per heavy atom. The molecule has 21 heavy (non-hydrogen) atoms. The van der Waals surface area contributed by atoms with Gasteiger partial charge in [0.1, 0.15) is 0 Å². The van der Waals surface area contributed by atoms with Crippen LogP contribution in [0.5, 0.6) is 0 Å². The van der Waals surface area contributed by atoms with E-state index in [0.717, 1.165) is 19.6 Å². The largest absolute Gasteiger partial charge is 0.313 e. The average Bonchev–Trinajstić information content (AvgIpc) is 2.60. The Kier molecular flexibility index (Phi) is 6.27. The van der Waals surface area contributed by atoms with Gasteiger partial charge >= 0.3 is 0 Å². The molecule has 1 aromatic rings. The first-order valence-corrected chi connectivity index (χ1v) is 9.00.